The second-order valence-corrected chi connectivity index (χ2v) is 8.19. The maximum atomic E-state index is 13.4. The van der Waals surface area contributed by atoms with Gasteiger partial charge in [0, 0.05) is 17.6 Å². The highest BCUT2D eigenvalue weighted by molar-refractivity contribution is 7.18. The topological polar surface area (TPSA) is 59.8 Å². The van der Waals surface area contributed by atoms with Crippen LogP contribution in [0.15, 0.2) is 29.5 Å². The molecule has 0 amide bonds. The van der Waals surface area contributed by atoms with Gasteiger partial charge in [0.05, 0.1) is 23.4 Å². The van der Waals surface area contributed by atoms with E-state index in [9.17, 15) is 4.79 Å². The molecule has 1 aliphatic heterocycles. The zero-order chi connectivity index (χ0) is 17.0. The molecule has 0 radical (unpaired) electrons. The fraction of sp³-hybridized carbons (Fsp3) is 0.421. The molecule has 0 saturated heterocycles. The Morgan fingerprint density at radius 2 is 2.24 bits per heavy atom. The van der Waals surface area contributed by atoms with Gasteiger partial charge in [-0.3, -0.25) is 14.3 Å². The van der Waals surface area contributed by atoms with Crippen molar-refractivity contribution in [1.82, 2.24) is 19.9 Å². The van der Waals surface area contributed by atoms with Gasteiger partial charge in [-0.2, -0.15) is 0 Å². The van der Waals surface area contributed by atoms with Gasteiger partial charge in [-0.25, -0.2) is 4.98 Å². The van der Waals surface area contributed by atoms with Crippen LogP contribution in [-0.4, -0.2) is 21.1 Å². The van der Waals surface area contributed by atoms with Crippen LogP contribution in [0.25, 0.3) is 10.2 Å². The molecule has 25 heavy (non-hydrogen) atoms. The number of hydrogen-bond acceptors (Lipinski definition) is 5. The first-order chi connectivity index (χ1) is 12.2. The van der Waals surface area contributed by atoms with Crippen LogP contribution in [0, 0.1) is 12.8 Å². The first-order valence-electron chi connectivity index (χ1n) is 8.87. The van der Waals surface area contributed by atoms with E-state index < -0.39 is 0 Å². The normalized spacial score (nSPS) is 18.3. The fourth-order valence-electron chi connectivity index (χ4n) is 3.87. The molecule has 3 aromatic rings. The Bertz CT molecular complexity index is 1020. The molecule has 128 valence electrons. The van der Waals surface area contributed by atoms with Gasteiger partial charge in [0.25, 0.3) is 5.56 Å². The minimum atomic E-state index is 0.00145. The molecule has 6 heteroatoms. The summed E-state index contributed by atoms with van der Waals surface area (Å²) in [5.41, 5.74) is 3.47. The maximum Gasteiger partial charge on any atom is 0.262 e. The Labute approximate surface area is 149 Å². The molecule has 1 unspecified atom stereocenters. The lowest BCUT2D eigenvalue weighted by Crippen LogP contribution is -2.29. The van der Waals surface area contributed by atoms with Crippen molar-refractivity contribution in [3.63, 3.8) is 0 Å². The molecule has 1 saturated carbocycles. The van der Waals surface area contributed by atoms with Crippen LogP contribution >= 0.6 is 11.3 Å². The number of aryl methyl sites for hydroxylation is 1. The van der Waals surface area contributed by atoms with Crippen molar-refractivity contribution in [2.45, 2.75) is 38.8 Å². The Morgan fingerprint density at radius 3 is 3.04 bits per heavy atom. The molecule has 4 heterocycles. The molecule has 3 aromatic heterocycles. The maximum absolute atomic E-state index is 13.4. The molecule has 1 fully saturated rings. The van der Waals surface area contributed by atoms with Gasteiger partial charge in [-0.15, -0.1) is 11.3 Å². The van der Waals surface area contributed by atoms with E-state index in [1.165, 1.54) is 16.0 Å². The zero-order valence-corrected chi connectivity index (χ0v) is 15.0. The third-order valence-electron chi connectivity index (χ3n) is 5.27. The van der Waals surface area contributed by atoms with Crippen LogP contribution in [0.3, 0.4) is 0 Å². The predicted molar refractivity (Wildman–Crippen MR) is 99.1 cm³/mol. The van der Waals surface area contributed by atoms with Crippen molar-refractivity contribution in [2.24, 2.45) is 5.92 Å². The number of hydrogen-bond donors (Lipinski definition) is 1. The first kappa shape index (κ1) is 15.2. The van der Waals surface area contributed by atoms with Gasteiger partial charge in [0.2, 0.25) is 0 Å². The lowest BCUT2D eigenvalue weighted by atomic mass is 10.0. The summed E-state index contributed by atoms with van der Waals surface area (Å²) in [7, 11) is 0. The van der Waals surface area contributed by atoms with Gasteiger partial charge in [0.15, 0.2) is 0 Å². The average molecular weight is 352 g/mol. The Kier molecular flexibility index (Phi) is 3.50. The molecule has 1 atom stereocenters. The second-order valence-electron chi connectivity index (χ2n) is 7.11. The summed E-state index contributed by atoms with van der Waals surface area (Å²) in [5.74, 6) is 0.488. The quantitative estimate of drug-likeness (QED) is 0.787. The van der Waals surface area contributed by atoms with E-state index >= 15 is 0 Å². The van der Waals surface area contributed by atoms with Gasteiger partial charge >= 0.3 is 0 Å². The van der Waals surface area contributed by atoms with Crippen LogP contribution in [-0.2, 0) is 13.0 Å². The lowest BCUT2D eigenvalue weighted by molar-refractivity contribution is 0.489. The van der Waals surface area contributed by atoms with Crippen molar-refractivity contribution < 1.29 is 0 Å². The highest BCUT2D eigenvalue weighted by atomic mass is 32.1. The summed E-state index contributed by atoms with van der Waals surface area (Å²) in [6.07, 6.45) is 6.79. The van der Waals surface area contributed by atoms with Crippen molar-refractivity contribution in [1.29, 1.82) is 0 Å². The van der Waals surface area contributed by atoms with Crippen LogP contribution in [0.4, 0.5) is 0 Å². The van der Waals surface area contributed by atoms with Crippen molar-refractivity contribution in [3.05, 3.63) is 56.7 Å². The highest BCUT2D eigenvalue weighted by Gasteiger charge is 2.36. The zero-order valence-electron chi connectivity index (χ0n) is 14.2. The molecule has 0 aromatic carbocycles. The third-order valence-corrected chi connectivity index (χ3v) is 6.41. The Balaban J connectivity index is 1.71. The van der Waals surface area contributed by atoms with E-state index in [0.717, 1.165) is 48.3 Å². The monoisotopic (exact) mass is 352 g/mol. The van der Waals surface area contributed by atoms with Crippen LogP contribution in [0.5, 0.6) is 0 Å². The number of pyridine rings is 1. The molecule has 0 bridgehead atoms. The van der Waals surface area contributed by atoms with Crippen molar-refractivity contribution in [3.8, 4) is 0 Å². The number of thiophene rings is 1. The van der Waals surface area contributed by atoms with E-state index in [0.29, 0.717) is 5.92 Å². The highest BCUT2D eigenvalue weighted by Crippen LogP contribution is 2.42. The molecule has 0 spiro atoms. The largest absolute Gasteiger partial charge is 0.312 e. The Morgan fingerprint density at radius 1 is 1.36 bits per heavy atom. The van der Waals surface area contributed by atoms with E-state index in [1.54, 1.807) is 17.7 Å². The van der Waals surface area contributed by atoms with Gasteiger partial charge in [-0.1, -0.05) is 0 Å². The molecular formula is C19H20N4OS. The SMILES string of the molecule is Cc1ccnc(C(C2CC2)n2cnc3sc4c(c3c2=O)CCNC4)c1. The molecule has 5 nitrogen and oxygen atoms in total. The van der Waals surface area contributed by atoms with E-state index in [-0.39, 0.29) is 11.6 Å². The number of aromatic nitrogens is 3. The standard InChI is InChI=1S/C19H20N4OS/c1-11-4-7-21-14(8-11)17(12-2-3-12)23-10-22-18-16(19(23)24)13-5-6-20-9-15(13)25-18/h4,7-8,10,12,17,20H,2-3,5-6,9H2,1H3. The smallest absolute Gasteiger partial charge is 0.262 e. The number of nitrogens with one attached hydrogen (secondary N) is 1. The van der Waals surface area contributed by atoms with E-state index in [2.05, 4.69) is 28.3 Å². The summed E-state index contributed by atoms with van der Waals surface area (Å²) < 4.78 is 1.84. The second kappa shape index (κ2) is 5.75. The predicted octanol–water partition coefficient (Wildman–Crippen LogP) is 2.81. The molecule has 1 N–H and O–H groups in total. The molecular weight excluding hydrogens is 332 g/mol. The van der Waals surface area contributed by atoms with E-state index in [1.807, 2.05) is 16.8 Å². The minimum absolute atomic E-state index is 0.00145. The summed E-state index contributed by atoms with van der Waals surface area (Å²) in [5, 5.41) is 4.22. The van der Waals surface area contributed by atoms with Crippen molar-refractivity contribution >= 4 is 21.6 Å². The fourth-order valence-corrected chi connectivity index (χ4v) is 5.02. The molecule has 1 aliphatic carbocycles. The summed E-state index contributed by atoms with van der Waals surface area (Å²) in [4.78, 5) is 24.7. The summed E-state index contributed by atoms with van der Waals surface area (Å²) in [6.45, 7) is 3.85. The Hall–Kier alpha value is -2.05. The third kappa shape index (κ3) is 2.51. The van der Waals surface area contributed by atoms with Gasteiger partial charge < -0.3 is 5.32 Å². The molecule has 5 rings (SSSR count). The number of rotatable bonds is 3. The minimum Gasteiger partial charge on any atom is -0.312 e. The van der Waals surface area contributed by atoms with Crippen molar-refractivity contribution in [2.75, 3.05) is 6.54 Å². The van der Waals surface area contributed by atoms with Crippen LogP contribution in [0.1, 0.15) is 40.6 Å². The van der Waals surface area contributed by atoms with E-state index in [4.69, 9.17) is 0 Å². The van der Waals surface area contributed by atoms with Gasteiger partial charge in [-0.05, 0) is 61.9 Å². The number of nitrogens with zero attached hydrogens (tertiary/aromatic N) is 3. The number of fused-ring (bicyclic) bond motifs is 3. The summed E-state index contributed by atoms with van der Waals surface area (Å²) >= 11 is 1.65. The first-order valence-corrected chi connectivity index (χ1v) is 9.68. The van der Waals surface area contributed by atoms with Crippen LogP contribution < -0.4 is 10.9 Å². The average Bonchev–Trinajstić information content (AvgIpc) is 3.36. The van der Waals surface area contributed by atoms with Crippen LogP contribution in [0.2, 0.25) is 0 Å². The van der Waals surface area contributed by atoms with Gasteiger partial charge in [0.1, 0.15) is 4.83 Å². The lowest BCUT2D eigenvalue weighted by Gasteiger charge is -2.19. The molecule has 2 aliphatic rings. The summed E-state index contributed by atoms with van der Waals surface area (Å²) in [6, 6.07) is 4.11.